The Balaban J connectivity index is 2.17. The van der Waals surface area contributed by atoms with E-state index in [-0.39, 0.29) is 12.2 Å². The maximum absolute atomic E-state index is 10.5. The van der Waals surface area contributed by atoms with Crippen molar-refractivity contribution in [3.63, 3.8) is 0 Å². The van der Waals surface area contributed by atoms with Gasteiger partial charge in [-0.15, -0.1) is 0 Å². The monoisotopic (exact) mass is 244 g/mol. The molecule has 1 fully saturated rings. The second-order valence-electron chi connectivity index (χ2n) is 3.55. The van der Waals surface area contributed by atoms with Crippen LogP contribution in [0.3, 0.4) is 0 Å². The van der Waals surface area contributed by atoms with E-state index in [2.05, 4.69) is 0 Å². The number of carbonyl (C=O) groups is 1. The number of carbonyl (C=O) groups excluding carboxylic acids is 1. The summed E-state index contributed by atoms with van der Waals surface area (Å²) in [4.78, 5) is 10.5. The zero-order chi connectivity index (χ0) is 10.8. The molecule has 0 saturated carbocycles. The Hall–Kier alpha value is -0.570. The van der Waals surface area contributed by atoms with E-state index in [1.54, 1.807) is 12.1 Å². The number of aldehydes is 1. The van der Waals surface area contributed by atoms with E-state index in [9.17, 15) is 4.79 Å². The quantitative estimate of drug-likeness (QED) is 0.746. The Morgan fingerprint density at radius 3 is 2.67 bits per heavy atom. The highest BCUT2D eigenvalue weighted by Crippen LogP contribution is 2.34. The number of rotatable bonds is 2. The van der Waals surface area contributed by atoms with Crippen molar-refractivity contribution in [1.29, 1.82) is 0 Å². The van der Waals surface area contributed by atoms with Crippen LogP contribution in [0.15, 0.2) is 18.2 Å². The fourth-order valence-corrected chi connectivity index (χ4v) is 2.03. The van der Waals surface area contributed by atoms with Crippen LogP contribution in [0.5, 0.6) is 0 Å². The van der Waals surface area contributed by atoms with Crippen molar-refractivity contribution in [3.8, 4) is 0 Å². The Bertz CT molecular complexity index is 379. The second kappa shape index (κ2) is 4.52. The predicted octanol–water partition coefficient (Wildman–Crippen LogP) is 3.41. The molecule has 15 heavy (non-hydrogen) atoms. The first kappa shape index (κ1) is 10.9. The minimum Gasteiger partial charge on any atom is -0.363 e. The van der Waals surface area contributed by atoms with Crippen molar-refractivity contribution in [2.75, 3.05) is 0 Å². The molecular formula is C11H10Cl2O2. The van der Waals surface area contributed by atoms with Crippen molar-refractivity contribution in [2.24, 2.45) is 0 Å². The van der Waals surface area contributed by atoms with Crippen LogP contribution in [-0.2, 0) is 9.53 Å². The molecule has 0 aromatic heterocycles. The van der Waals surface area contributed by atoms with Crippen LogP contribution >= 0.6 is 23.2 Å². The summed E-state index contributed by atoms with van der Waals surface area (Å²) in [5.41, 5.74) is 0.980. The zero-order valence-corrected chi connectivity index (χ0v) is 9.46. The van der Waals surface area contributed by atoms with Gasteiger partial charge in [-0.25, -0.2) is 0 Å². The molecule has 1 aliphatic heterocycles. The Kier molecular flexibility index (Phi) is 3.29. The molecule has 2 rings (SSSR count). The molecule has 1 heterocycles. The lowest BCUT2D eigenvalue weighted by atomic mass is 10.1. The molecule has 0 amide bonds. The van der Waals surface area contributed by atoms with Gasteiger partial charge in [0.05, 0.1) is 16.1 Å². The van der Waals surface area contributed by atoms with Gasteiger partial charge in [-0.2, -0.15) is 0 Å². The zero-order valence-electron chi connectivity index (χ0n) is 7.95. The maximum Gasteiger partial charge on any atom is 0.148 e. The van der Waals surface area contributed by atoms with Gasteiger partial charge >= 0.3 is 0 Å². The van der Waals surface area contributed by atoms with Gasteiger partial charge in [0.15, 0.2) is 0 Å². The SMILES string of the molecule is O=CC1CCC(c2ccc(Cl)c(Cl)c2)O1. The molecule has 2 unspecified atom stereocenters. The Morgan fingerprint density at radius 1 is 1.27 bits per heavy atom. The van der Waals surface area contributed by atoms with Gasteiger partial charge in [-0.3, -0.25) is 0 Å². The summed E-state index contributed by atoms with van der Waals surface area (Å²) in [6.07, 6.45) is 2.16. The first-order chi connectivity index (χ1) is 7.20. The number of halogens is 2. The molecule has 1 aliphatic rings. The van der Waals surface area contributed by atoms with E-state index < -0.39 is 0 Å². The number of hydrogen-bond donors (Lipinski definition) is 0. The van der Waals surface area contributed by atoms with Gasteiger partial charge in [0.2, 0.25) is 0 Å². The van der Waals surface area contributed by atoms with E-state index in [1.807, 2.05) is 6.07 Å². The van der Waals surface area contributed by atoms with E-state index in [1.165, 1.54) is 0 Å². The summed E-state index contributed by atoms with van der Waals surface area (Å²) < 4.78 is 5.52. The van der Waals surface area contributed by atoms with E-state index in [4.69, 9.17) is 27.9 Å². The van der Waals surface area contributed by atoms with Crippen molar-refractivity contribution in [1.82, 2.24) is 0 Å². The summed E-state index contributed by atoms with van der Waals surface area (Å²) in [6.45, 7) is 0. The molecular weight excluding hydrogens is 235 g/mol. The highest BCUT2D eigenvalue weighted by atomic mass is 35.5. The summed E-state index contributed by atoms with van der Waals surface area (Å²) >= 11 is 11.7. The summed E-state index contributed by atoms with van der Waals surface area (Å²) in [5.74, 6) is 0. The first-order valence-electron chi connectivity index (χ1n) is 4.76. The molecule has 1 saturated heterocycles. The number of benzene rings is 1. The fraction of sp³-hybridized carbons (Fsp3) is 0.364. The predicted molar refractivity (Wildman–Crippen MR) is 59.4 cm³/mol. The normalized spacial score (nSPS) is 25.5. The van der Waals surface area contributed by atoms with E-state index in [0.717, 1.165) is 24.7 Å². The molecule has 0 radical (unpaired) electrons. The summed E-state index contributed by atoms with van der Waals surface area (Å²) in [6, 6.07) is 5.42. The van der Waals surface area contributed by atoms with Crippen molar-refractivity contribution < 1.29 is 9.53 Å². The van der Waals surface area contributed by atoms with Crippen LogP contribution in [0, 0.1) is 0 Å². The third kappa shape index (κ3) is 2.33. The van der Waals surface area contributed by atoms with Crippen LogP contribution in [-0.4, -0.2) is 12.4 Å². The molecule has 0 aliphatic carbocycles. The third-order valence-electron chi connectivity index (χ3n) is 2.52. The molecule has 0 spiro atoms. The molecule has 0 bridgehead atoms. The molecule has 1 aromatic carbocycles. The highest BCUT2D eigenvalue weighted by Gasteiger charge is 2.26. The average molecular weight is 245 g/mol. The Morgan fingerprint density at radius 2 is 2.07 bits per heavy atom. The smallest absolute Gasteiger partial charge is 0.148 e. The molecule has 2 nitrogen and oxygen atoms in total. The van der Waals surface area contributed by atoms with Crippen LogP contribution < -0.4 is 0 Å². The van der Waals surface area contributed by atoms with Crippen LogP contribution in [0.2, 0.25) is 10.0 Å². The van der Waals surface area contributed by atoms with Crippen molar-refractivity contribution in [3.05, 3.63) is 33.8 Å². The van der Waals surface area contributed by atoms with Crippen LogP contribution in [0.25, 0.3) is 0 Å². The van der Waals surface area contributed by atoms with E-state index in [0.29, 0.717) is 10.0 Å². The second-order valence-corrected chi connectivity index (χ2v) is 4.36. The summed E-state index contributed by atoms with van der Waals surface area (Å²) in [7, 11) is 0. The van der Waals surface area contributed by atoms with Gasteiger partial charge in [-0.05, 0) is 30.5 Å². The van der Waals surface area contributed by atoms with Gasteiger partial charge in [0.1, 0.15) is 12.4 Å². The third-order valence-corrected chi connectivity index (χ3v) is 3.26. The average Bonchev–Trinajstić information content (AvgIpc) is 2.70. The molecule has 80 valence electrons. The first-order valence-corrected chi connectivity index (χ1v) is 5.52. The lowest BCUT2D eigenvalue weighted by Crippen LogP contribution is -2.07. The lowest BCUT2D eigenvalue weighted by molar-refractivity contribution is -0.117. The largest absolute Gasteiger partial charge is 0.363 e. The molecule has 0 N–H and O–H groups in total. The minimum atomic E-state index is -0.274. The molecule has 4 heteroatoms. The summed E-state index contributed by atoms with van der Waals surface area (Å²) in [5, 5.41) is 1.05. The van der Waals surface area contributed by atoms with Gasteiger partial charge in [-0.1, -0.05) is 29.3 Å². The van der Waals surface area contributed by atoms with Gasteiger partial charge in [0.25, 0.3) is 0 Å². The van der Waals surface area contributed by atoms with Crippen LogP contribution in [0.1, 0.15) is 24.5 Å². The topological polar surface area (TPSA) is 26.3 Å². The molecule has 1 aromatic rings. The highest BCUT2D eigenvalue weighted by molar-refractivity contribution is 6.42. The van der Waals surface area contributed by atoms with E-state index >= 15 is 0 Å². The number of ether oxygens (including phenoxy) is 1. The standard InChI is InChI=1S/C11H10Cl2O2/c12-9-3-1-7(5-10(9)13)11-4-2-8(6-14)15-11/h1,3,5-6,8,11H,2,4H2. The minimum absolute atomic E-state index is 0.0324. The maximum atomic E-state index is 10.5. The van der Waals surface area contributed by atoms with Gasteiger partial charge < -0.3 is 9.53 Å². The van der Waals surface area contributed by atoms with Crippen molar-refractivity contribution in [2.45, 2.75) is 25.0 Å². The fourth-order valence-electron chi connectivity index (χ4n) is 1.72. The molecule has 2 atom stereocenters. The van der Waals surface area contributed by atoms with Crippen molar-refractivity contribution >= 4 is 29.5 Å². The number of hydrogen-bond acceptors (Lipinski definition) is 2. The van der Waals surface area contributed by atoms with Gasteiger partial charge in [0, 0.05) is 0 Å². The van der Waals surface area contributed by atoms with Crippen LogP contribution in [0.4, 0.5) is 0 Å². The lowest BCUT2D eigenvalue weighted by Gasteiger charge is -2.11. The Labute approximate surface area is 98.1 Å².